The summed E-state index contributed by atoms with van der Waals surface area (Å²) in [5, 5.41) is 8.43. The fourth-order valence-electron chi connectivity index (χ4n) is 2.24. The van der Waals surface area contributed by atoms with E-state index in [0.717, 1.165) is 19.3 Å². The largest absolute Gasteiger partial charge is 1.00 e. The van der Waals surface area contributed by atoms with E-state index in [1.54, 1.807) is 0 Å². The fraction of sp³-hybridized carbons (Fsp3) is 0.857. The average molecular weight is 377 g/mol. The number of carboxylic acids is 1. The molecule has 0 spiro atoms. The van der Waals surface area contributed by atoms with Gasteiger partial charge in [0.05, 0.1) is 0 Å². The van der Waals surface area contributed by atoms with Gasteiger partial charge in [-0.15, -0.1) is 0 Å². The van der Waals surface area contributed by atoms with E-state index >= 15 is 0 Å². The first-order valence-corrected chi connectivity index (χ1v) is 9.01. The Morgan fingerprint density at radius 3 is 2.04 bits per heavy atom. The zero-order valence-electron chi connectivity index (χ0n) is 14.3. The van der Waals surface area contributed by atoms with Crippen LogP contribution in [0.4, 0.5) is 0 Å². The van der Waals surface area contributed by atoms with Crippen molar-refractivity contribution in [2.75, 3.05) is 0 Å². The summed E-state index contributed by atoms with van der Waals surface area (Å²) in [5.41, 5.74) is -0.846. The summed E-state index contributed by atoms with van der Waals surface area (Å²) in [7, 11) is -4.87. The molecule has 0 bridgehead atoms. The first kappa shape index (κ1) is 25.7. The predicted octanol–water partition coefficient (Wildman–Crippen LogP) is -1.93. The van der Waals surface area contributed by atoms with E-state index < -0.39 is 39.3 Å². The molecular weight excluding hydrogens is 351 g/mol. The van der Waals surface area contributed by atoms with E-state index in [0.29, 0.717) is 19.3 Å². The normalized spacial score (nSPS) is 13.0. The Kier molecular flexibility index (Phi) is 13.4. The molecule has 0 saturated heterocycles. The Morgan fingerprint density at radius 2 is 1.70 bits per heavy atom. The number of rotatable bonds is 11. The average Bonchev–Trinajstić information content (AvgIpc) is 2.42. The van der Waals surface area contributed by atoms with Crippen molar-refractivity contribution in [3.05, 3.63) is 0 Å². The number of aliphatic carboxylic acids is 1. The van der Waals surface area contributed by atoms with Gasteiger partial charge < -0.3 is 14.6 Å². The first-order valence-electron chi connectivity index (χ1n) is 7.50. The summed E-state index contributed by atoms with van der Waals surface area (Å²) in [6, 6.07) is 0. The Hall–Kier alpha value is 0.486. The maximum absolute atomic E-state index is 12.0. The molecule has 130 valence electrons. The van der Waals surface area contributed by atoms with Crippen molar-refractivity contribution in [3.8, 4) is 0 Å². The number of esters is 1. The van der Waals surface area contributed by atoms with Crippen LogP contribution in [-0.4, -0.2) is 35.8 Å². The van der Waals surface area contributed by atoms with Gasteiger partial charge in [-0.1, -0.05) is 33.6 Å². The maximum Gasteiger partial charge on any atom is 1.00 e. The fourth-order valence-corrected chi connectivity index (χ4v) is 2.87. The molecule has 0 aliphatic heterocycles. The Balaban J connectivity index is 0. The maximum atomic E-state index is 12.0. The summed E-state index contributed by atoms with van der Waals surface area (Å²) >= 11 is 0. The van der Waals surface area contributed by atoms with Crippen molar-refractivity contribution in [1.29, 1.82) is 0 Å². The number of hydrogen-bond donors (Lipinski definition) is 1. The van der Waals surface area contributed by atoms with Gasteiger partial charge in [-0.25, -0.2) is 0 Å². The van der Waals surface area contributed by atoms with Gasteiger partial charge in [0.2, 0.25) is 0 Å². The van der Waals surface area contributed by atoms with E-state index in [1.165, 1.54) is 0 Å². The Bertz CT molecular complexity index is 472. The molecular formula is C14H25KO7S. The molecule has 0 amide bonds. The number of carbonyl (C=O) groups is 2. The molecule has 0 saturated carbocycles. The summed E-state index contributed by atoms with van der Waals surface area (Å²) in [6.07, 6.45) is 3.11. The first-order chi connectivity index (χ1) is 10.1. The van der Waals surface area contributed by atoms with Crippen molar-refractivity contribution in [1.82, 2.24) is 0 Å². The van der Waals surface area contributed by atoms with Gasteiger partial charge in [-0.2, -0.15) is 8.42 Å². The van der Waals surface area contributed by atoms with Crippen LogP contribution in [0.1, 0.15) is 65.7 Å². The van der Waals surface area contributed by atoms with Crippen molar-refractivity contribution in [2.24, 2.45) is 0 Å². The van der Waals surface area contributed by atoms with Crippen LogP contribution in [0.2, 0.25) is 0 Å². The summed E-state index contributed by atoms with van der Waals surface area (Å²) < 4.78 is 36.7. The van der Waals surface area contributed by atoms with Crippen LogP contribution in [0.5, 0.6) is 0 Å². The van der Waals surface area contributed by atoms with Gasteiger partial charge >= 0.3 is 57.4 Å². The molecule has 23 heavy (non-hydrogen) atoms. The third-order valence-electron chi connectivity index (χ3n) is 3.82. The minimum atomic E-state index is -4.87. The second kappa shape index (κ2) is 11.9. The zero-order valence-corrected chi connectivity index (χ0v) is 18.3. The van der Waals surface area contributed by atoms with Crippen LogP contribution in [0.15, 0.2) is 0 Å². The van der Waals surface area contributed by atoms with Crippen molar-refractivity contribution < 1.29 is 83.8 Å². The number of carboxylic acid groups (broad SMARTS) is 1. The van der Waals surface area contributed by atoms with Gasteiger partial charge in [-0.3, -0.25) is 9.35 Å². The van der Waals surface area contributed by atoms with Gasteiger partial charge in [0.25, 0.3) is 10.1 Å². The van der Waals surface area contributed by atoms with E-state index in [1.807, 2.05) is 20.8 Å². The topological polar surface area (TPSA) is 121 Å². The van der Waals surface area contributed by atoms with Crippen LogP contribution in [-0.2, 0) is 24.4 Å². The van der Waals surface area contributed by atoms with Gasteiger partial charge in [-0.05, 0) is 25.7 Å². The van der Waals surface area contributed by atoms with Crippen LogP contribution in [0.25, 0.3) is 0 Å². The van der Waals surface area contributed by atoms with Crippen LogP contribution < -0.4 is 56.5 Å². The van der Waals surface area contributed by atoms with Crippen LogP contribution in [0, 0.1) is 0 Å². The van der Waals surface area contributed by atoms with Crippen molar-refractivity contribution >= 4 is 22.1 Å². The molecule has 0 aliphatic rings. The molecule has 0 aromatic heterocycles. The molecule has 0 rings (SSSR count). The summed E-state index contributed by atoms with van der Waals surface area (Å²) in [4.78, 5) is 22.6. The second-order valence-corrected chi connectivity index (χ2v) is 6.95. The molecule has 9 heteroatoms. The van der Waals surface area contributed by atoms with E-state index in [2.05, 4.69) is 0 Å². The Morgan fingerprint density at radius 1 is 1.17 bits per heavy atom. The monoisotopic (exact) mass is 376 g/mol. The van der Waals surface area contributed by atoms with Gasteiger partial charge in [0.15, 0.2) is 5.25 Å². The molecule has 7 nitrogen and oxygen atoms in total. The quantitative estimate of drug-likeness (QED) is 0.193. The molecule has 0 radical (unpaired) electrons. The van der Waals surface area contributed by atoms with Gasteiger partial charge in [0.1, 0.15) is 5.60 Å². The summed E-state index contributed by atoms with van der Waals surface area (Å²) in [6.45, 7) is 5.65. The number of ether oxygens (including phenoxy) is 1. The third-order valence-corrected chi connectivity index (χ3v) is 4.89. The number of unbranched alkanes of at least 4 members (excludes halogenated alkanes) is 2. The molecule has 0 heterocycles. The molecule has 1 unspecified atom stereocenters. The third kappa shape index (κ3) is 9.52. The smallest absolute Gasteiger partial charge is 0.550 e. The minimum Gasteiger partial charge on any atom is -0.550 e. The standard InChI is InChI=1S/C14H26O7S.K/c1-4-7-8-9-14(5-2,6-3)21-13(17)11(10-12(15)16)22(18,19)20;/h11H,4-10H2,1-3H3,(H,15,16)(H,18,19,20);/q;+1/p-1. The molecule has 0 aromatic carbocycles. The van der Waals surface area contributed by atoms with Crippen molar-refractivity contribution in [2.45, 2.75) is 76.6 Å². The van der Waals surface area contributed by atoms with Gasteiger partial charge in [0, 0.05) is 12.4 Å². The molecule has 1 atom stereocenters. The minimum absolute atomic E-state index is 0. The van der Waals surface area contributed by atoms with E-state index in [9.17, 15) is 23.1 Å². The SMILES string of the molecule is CCCCCC(CC)(CC)OC(=O)C(CC(=O)[O-])S(=O)(=O)O.[K+]. The second-order valence-electron chi connectivity index (χ2n) is 5.35. The molecule has 0 aromatic rings. The zero-order chi connectivity index (χ0) is 17.4. The number of hydrogen-bond acceptors (Lipinski definition) is 6. The molecule has 0 fully saturated rings. The Labute approximate surface area is 180 Å². The van der Waals surface area contributed by atoms with Crippen molar-refractivity contribution in [3.63, 3.8) is 0 Å². The molecule has 1 N–H and O–H groups in total. The van der Waals surface area contributed by atoms with E-state index in [4.69, 9.17) is 9.29 Å². The van der Waals surface area contributed by atoms with Crippen LogP contribution >= 0.6 is 0 Å². The summed E-state index contributed by atoms with van der Waals surface area (Å²) in [5.74, 6) is -2.99. The van der Waals surface area contributed by atoms with Crippen LogP contribution in [0.3, 0.4) is 0 Å². The predicted molar refractivity (Wildman–Crippen MR) is 78.5 cm³/mol. The molecule has 0 aliphatic carbocycles. The van der Waals surface area contributed by atoms with E-state index in [-0.39, 0.29) is 51.4 Å². The number of carbonyl (C=O) groups excluding carboxylic acids is 2.